The van der Waals surface area contributed by atoms with Crippen LogP contribution in [0.25, 0.3) is 0 Å². The van der Waals surface area contributed by atoms with Gasteiger partial charge in [-0.25, -0.2) is 4.98 Å². The van der Waals surface area contributed by atoms with Gasteiger partial charge in [-0.05, 0) is 38.1 Å². The van der Waals surface area contributed by atoms with Crippen LogP contribution in [0.1, 0.15) is 39.0 Å². The molecule has 0 radical (unpaired) electrons. The highest BCUT2D eigenvalue weighted by Gasteiger charge is 2.42. The molecule has 1 aliphatic carbocycles. The summed E-state index contributed by atoms with van der Waals surface area (Å²) in [7, 11) is 0. The van der Waals surface area contributed by atoms with Crippen LogP contribution in [-0.4, -0.2) is 21.6 Å². The zero-order valence-electron chi connectivity index (χ0n) is 11.1. The molecule has 0 amide bonds. The van der Waals surface area contributed by atoms with Gasteiger partial charge in [0.25, 0.3) is 0 Å². The Balaban J connectivity index is 1.95. The van der Waals surface area contributed by atoms with Crippen molar-refractivity contribution in [3.63, 3.8) is 0 Å². The lowest BCUT2D eigenvalue weighted by Crippen LogP contribution is -2.47. The second-order valence-electron chi connectivity index (χ2n) is 5.19. The van der Waals surface area contributed by atoms with E-state index < -0.39 is 0 Å². The summed E-state index contributed by atoms with van der Waals surface area (Å²) in [5.41, 5.74) is -0.281. The Bertz CT molecular complexity index is 392. The van der Waals surface area contributed by atoms with E-state index in [4.69, 9.17) is 0 Å². The zero-order chi connectivity index (χ0) is 12.8. The first-order chi connectivity index (χ1) is 8.80. The van der Waals surface area contributed by atoms with E-state index in [1.54, 1.807) is 0 Å². The van der Waals surface area contributed by atoms with Gasteiger partial charge in [0.15, 0.2) is 0 Å². The van der Waals surface area contributed by atoms with E-state index in [-0.39, 0.29) is 5.54 Å². The van der Waals surface area contributed by atoms with Crippen molar-refractivity contribution in [2.24, 2.45) is 5.92 Å². The van der Waals surface area contributed by atoms with Crippen molar-refractivity contribution in [3.8, 4) is 6.07 Å². The fourth-order valence-electron chi connectivity index (χ4n) is 2.96. The number of nitrogens with one attached hydrogen (secondary N) is 1. The molecule has 0 aromatic carbocycles. The summed E-state index contributed by atoms with van der Waals surface area (Å²) in [5, 5.41) is 13.0. The monoisotopic (exact) mass is 246 g/mol. The molecule has 1 saturated carbocycles. The van der Waals surface area contributed by atoms with Crippen molar-refractivity contribution >= 4 is 0 Å². The smallest absolute Gasteiger partial charge is 0.109 e. The normalized spacial score (nSPS) is 27.2. The van der Waals surface area contributed by atoms with Gasteiger partial charge in [0.05, 0.1) is 12.4 Å². The first-order valence-corrected chi connectivity index (χ1v) is 6.93. The van der Waals surface area contributed by atoms with Crippen molar-refractivity contribution in [3.05, 3.63) is 18.7 Å². The molecule has 1 aromatic rings. The van der Waals surface area contributed by atoms with Gasteiger partial charge in [0.2, 0.25) is 0 Å². The third-order valence-electron chi connectivity index (χ3n) is 4.01. The number of nitrogens with zero attached hydrogens (tertiary/aromatic N) is 3. The molecule has 4 heteroatoms. The predicted octanol–water partition coefficient (Wildman–Crippen LogP) is 2.34. The number of hydrogen-bond acceptors (Lipinski definition) is 3. The van der Waals surface area contributed by atoms with Crippen LogP contribution in [0.15, 0.2) is 18.7 Å². The number of hydrogen-bond donors (Lipinski definition) is 1. The van der Waals surface area contributed by atoms with E-state index in [1.807, 2.05) is 18.7 Å². The molecule has 18 heavy (non-hydrogen) atoms. The molecule has 0 saturated heterocycles. The summed E-state index contributed by atoms with van der Waals surface area (Å²) >= 11 is 0. The lowest BCUT2D eigenvalue weighted by atomic mass is 9.85. The van der Waals surface area contributed by atoms with Gasteiger partial charge in [-0.15, -0.1) is 0 Å². The van der Waals surface area contributed by atoms with Crippen LogP contribution < -0.4 is 5.32 Å². The number of imidazole rings is 1. The fraction of sp³-hybridized carbons (Fsp3) is 0.714. The molecule has 1 N–H and O–H groups in total. The van der Waals surface area contributed by atoms with Crippen LogP contribution in [0.5, 0.6) is 0 Å². The van der Waals surface area contributed by atoms with E-state index in [0.29, 0.717) is 5.92 Å². The van der Waals surface area contributed by atoms with Gasteiger partial charge in [0.1, 0.15) is 5.54 Å². The Hall–Kier alpha value is -1.34. The maximum absolute atomic E-state index is 9.54. The molecule has 1 aliphatic rings. The summed E-state index contributed by atoms with van der Waals surface area (Å²) in [6.45, 7) is 4.05. The van der Waals surface area contributed by atoms with Crippen LogP contribution in [0.3, 0.4) is 0 Å². The highest BCUT2D eigenvalue weighted by Crippen LogP contribution is 2.37. The van der Waals surface area contributed by atoms with Crippen LogP contribution in [-0.2, 0) is 6.54 Å². The standard InChI is InChI=1S/C14H22N4/c1-2-7-17-14(11-15)6-3-4-13(14)5-9-18-10-8-16-12-18/h8,10,12-13,17H,2-7,9H2,1H3. The Morgan fingerprint density at radius 3 is 3.17 bits per heavy atom. The Labute approximate surface area is 109 Å². The average molecular weight is 246 g/mol. The minimum atomic E-state index is -0.281. The molecule has 1 aromatic heterocycles. The maximum atomic E-state index is 9.54. The lowest BCUT2D eigenvalue weighted by Gasteiger charge is -2.30. The molecule has 1 fully saturated rings. The summed E-state index contributed by atoms with van der Waals surface area (Å²) in [5.74, 6) is 0.469. The Morgan fingerprint density at radius 1 is 1.61 bits per heavy atom. The molecule has 1 heterocycles. The predicted molar refractivity (Wildman–Crippen MR) is 70.8 cm³/mol. The van der Waals surface area contributed by atoms with Crippen LogP contribution in [0.2, 0.25) is 0 Å². The average Bonchev–Trinajstić information content (AvgIpc) is 3.04. The highest BCUT2D eigenvalue weighted by atomic mass is 15.0. The maximum Gasteiger partial charge on any atom is 0.109 e. The quantitative estimate of drug-likeness (QED) is 0.838. The van der Waals surface area contributed by atoms with Crippen molar-refractivity contribution in [1.82, 2.24) is 14.9 Å². The fourth-order valence-corrected chi connectivity index (χ4v) is 2.96. The van der Waals surface area contributed by atoms with E-state index in [2.05, 4.69) is 27.9 Å². The molecule has 0 bridgehead atoms. The van der Waals surface area contributed by atoms with Crippen molar-refractivity contribution in [1.29, 1.82) is 5.26 Å². The SMILES string of the molecule is CCCNC1(C#N)CCCC1CCn1ccnc1. The first kappa shape index (κ1) is 13.1. The minimum Gasteiger partial charge on any atom is -0.337 e. The van der Waals surface area contributed by atoms with Crippen molar-refractivity contribution in [2.45, 2.75) is 51.1 Å². The number of nitriles is 1. The van der Waals surface area contributed by atoms with E-state index in [9.17, 15) is 5.26 Å². The highest BCUT2D eigenvalue weighted by molar-refractivity contribution is 5.14. The summed E-state index contributed by atoms with van der Waals surface area (Å²) in [6.07, 6.45) is 11.1. The molecule has 98 valence electrons. The topological polar surface area (TPSA) is 53.6 Å². The minimum absolute atomic E-state index is 0.281. The van der Waals surface area contributed by atoms with Gasteiger partial charge < -0.3 is 4.57 Å². The van der Waals surface area contributed by atoms with Gasteiger partial charge in [-0.3, -0.25) is 5.32 Å². The van der Waals surface area contributed by atoms with Gasteiger partial charge >= 0.3 is 0 Å². The molecular weight excluding hydrogens is 224 g/mol. The summed E-state index contributed by atoms with van der Waals surface area (Å²) < 4.78 is 2.10. The molecule has 2 unspecified atom stereocenters. The molecule has 0 spiro atoms. The van der Waals surface area contributed by atoms with Crippen LogP contribution in [0, 0.1) is 17.2 Å². The van der Waals surface area contributed by atoms with Gasteiger partial charge in [-0.1, -0.05) is 13.3 Å². The lowest BCUT2D eigenvalue weighted by molar-refractivity contribution is 0.291. The second kappa shape index (κ2) is 6.01. The number of aromatic nitrogens is 2. The van der Waals surface area contributed by atoms with Gasteiger partial charge in [-0.2, -0.15) is 5.26 Å². The zero-order valence-corrected chi connectivity index (χ0v) is 11.1. The first-order valence-electron chi connectivity index (χ1n) is 6.93. The summed E-state index contributed by atoms with van der Waals surface area (Å²) in [6, 6.07) is 2.56. The Kier molecular flexibility index (Phi) is 4.38. The van der Waals surface area contributed by atoms with Crippen LogP contribution >= 0.6 is 0 Å². The third-order valence-corrected chi connectivity index (χ3v) is 4.01. The number of rotatable bonds is 6. The molecule has 0 aliphatic heterocycles. The van der Waals surface area contributed by atoms with Crippen molar-refractivity contribution < 1.29 is 0 Å². The van der Waals surface area contributed by atoms with Gasteiger partial charge in [0, 0.05) is 18.9 Å². The summed E-state index contributed by atoms with van der Waals surface area (Å²) in [4.78, 5) is 4.06. The third kappa shape index (κ3) is 2.73. The molecule has 4 nitrogen and oxygen atoms in total. The number of aryl methyl sites for hydroxylation is 1. The molecular formula is C14H22N4. The largest absolute Gasteiger partial charge is 0.337 e. The van der Waals surface area contributed by atoms with E-state index in [1.165, 1.54) is 12.8 Å². The Morgan fingerprint density at radius 2 is 2.50 bits per heavy atom. The second-order valence-corrected chi connectivity index (χ2v) is 5.19. The van der Waals surface area contributed by atoms with E-state index >= 15 is 0 Å². The van der Waals surface area contributed by atoms with E-state index in [0.717, 1.165) is 32.4 Å². The van der Waals surface area contributed by atoms with Crippen LogP contribution in [0.4, 0.5) is 0 Å². The van der Waals surface area contributed by atoms with Crippen molar-refractivity contribution in [2.75, 3.05) is 6.54 Å². The molecule has 2 rings (SSSR count). The molecule has 2 atom stereocenters.